The lowest BCUT2D eigenvalue weighted by Gasteiger charge is -2.22. The number of aromatic nitrogens is 2. The molecule has 1 N–H and O–H groups in total. The van der Waals surface area contributed by atoms with E-state index in [2.05, 4.69) is 17.2 Å². The van der Waals surface area contributed by atoms with E-state index in [9.17, 15) is 14.0 Å². The summed E-state index contributed by atoms with van der Waals surface area (Å²) < 4.78 is 15.8. The number of rotatable bonds is 5. The molecular weight excluding hydrogens is 417 g/mol. The maximum absolute atomic E-state index is 14.2. The van der Waals surface area contributed by atoms with Crippen molar-refractivity contribution in [2.75, 3.05) is 0 Å². The molecule has 2 fully saturated rings. The van der Waals surface area contributed by atoms with Crippen LogP contribution < -0.4 is 10.9 Å². The Balaban J connectivity index is 1.28. The second-order valence-electron chi connectivity index (χ2n) is 8.62. The van der Waals surface area contributed by atoms with E-state index in [4.69, 9.17) is 11.6 Å². The van der Waals surface area contributed by atoms with Gasteiger partial charge in [-0.15, -0.1) is 0 Å². The van der Waals surface area contributed by atoms with Gasteiger partial charge in [0.2, 0.25) is 0 Å². The smallest absolute Gasteiger partial charge is 0.264 e. The molecule has 5 rings (SSSR count). The number of nitrogens with zero attached hydrogens (tertiary/aromatic N) is 2. The molecule has 5 nitrogen and oxygen atoms in total. The minimum absolute atomic E-state index is 0.0275. The van der Waals surface area contributed by atoms with Crippen LogP contribution in [0.1, 0.15) is 42.6 Å². The van der Waals surface area contributed by atoms with Crippen LogP contribution >= 0.6 is 11.6 Å². The van der Waals surface area contributed by atoms with E-state index in [-0.39, 0.29) is 28.9 Å². The first-order valence-electron chi connectivity index (χ1n) is 10.7. The summed E-state index contributed by atoms with van der Waals surface area (Å²) in [5, 5.41) is 3.84. The van der Waals surface area contributed by atoms with Crippen LogP contribution in [0.3, 0.4) is 0 Å². The Hall–Kier alpha value is -2.73. The molecule has 0 radical (unpaired) electrons. The first kappa shape index (κ1) is 20.2. The number of halogens is 2. The number of fused-ring (bicyclic) bond motifs is 2. The summed E-state index contributed by atoms with van der Waals surface area (Å²) in [6, 6.07) is 11.5. The van der Waals surface area contributed by atoms with Gasteiger partial charge in [0.05, 0.1) is 11.8 Å². The summed E-state index contributed by atoms with van der Waals surface area (Å²) >= 11 is 5.91. The van der Waals surface area contributed by atoms with Crippen molar-refractivity contribution >= 4 is 28.4 Å². The van der Waals surface area contributed by atoms with Crippen LogP contribution in [-0.4, -0.2) is 21.5 Å². The molecule has 160 valence electrons. The molecule has 0 bridgehead atoms. The monoisotopic (exact) mass is 439 g/mol. The first-order chi connectivity index (χ1) is 15.0. The average Bonchev–Trinajstić information content (AvgIpc) is 3.24. The van der Waals surface area contributed by atoms with Crippen LogP contribution in [0.4, 0.5) is 4.39 Å². The SMILES string of the molecule is CC[C@H](NC(=O)c1ccc(Cl)cc1)C1[C@H]2CC(n3cnc4cccc(F)c4c3=O)C[C@H]12. The lowest BCUT2D eigenvalue weighted by Crippen LogP contribution is -2.37. The fraction of sp³-hybridized carbons (Fsp3) is 0.375. The Kier molecular flexibility index (Phi) is 5.05. The molecule has 3 atom stereocenters. The largest absolute Gasteiger partial charge is 0.349 e. The van der Waals surface area contributed by atoms with Gasteiger partial charge in [-0.2, -0.15) is 0 Å². The fourth-order valence-electron chi connectivity index (χ4n) is 5.41. The van der Waals surface area contributed by atoms with Crippen molar-refractivity contribution in [3.05, 3.63) is 75.5 Å². The molecule has 2 aliphatic rings. The Labute approximate surface area is 184 Å². The molecule has 0 saturated heterocycles. The number of carbonyl (C=O) groups excluding carboxylic acids is 1. The molecule has 1 aromatic heterocycles. The Morgan fingerprint density at radius 1 is 1.23 bits per heavy atom. The van der Waals surface area contributed by atoms with Crippen LogP contribution in [0.15, 0.2) is 53.6 Å². The number of nitrogens with one attached hydrogen (secondary N) is 1. The molecule has 0 spiro atoms. The van der Waals surface area contributed by atoms with Gasteiger partial charge in [0, 0.05) is 22.7 Å². The highest BCUT2D eigenvalue weighted by atomic mass is 35.5. The van der Waals surface area contributed by atoms with Gasteiger partial charge in [-0.25, -0.2) is 9.37 Å². The van der Waals surface area contributed by atoms with Gasteiger partial charge in [-0.05, 0) is 73.4 Å². The van der Waals surface area contributed by atoms with E-state index in [1.54, 1.807) is 47.3 Å². The molecule has 31 heavy (non-hydrogen) atoms. The van der Waals surface area contributed by atoms with Crippen molar-refractivity contribution in [3.8, 4) is 0 Å². The molecule has 2 aliphatic carbocycles. The number of amides is 1. The Morgan fingerprint density at radius 3 is 2.61 bits per heavy atom. The van der Waals surface area contributed by atoms with Crippen LogP contribution in [0, 0.1) is 23.6 Å². The van der Waals surface area contributed by atoms with E-state index in [0.717, 1.165) is 19.3 Å². The van der Waals surface area contributed by atoms with E-state index in [1.807, 2.05) is 0 Å². The molecule has 0 unspecified atom stereocenters. The van der Waals surface area contributed by atoms with E-state index >= 15 is 0 Å². The van der Waals surface area contributed by atoms with Gasteiger partial charge in [0.15, 0.2) is 0 Å². The third-order valence-corrected chi connectivity index (χ3v) is 7.22. The van der Waals surface area contributed by atoms with Gasteiger partial charge in [0.1, 0.15) is 11.2 Å². The highest BCUT2D eigenvalue weighted by Gasteiger charge is 2.59. The predicted octanol–water partition coefficient (Wildman–Crippen LogP) is 4.59. The Bertz CT molecular complexity index is 1200. The minimum atomic E-state index is -0.527. The molecule has 1 amide bonds. The number of benzene rings is 2. The summed E-state index contributed by atoms with van der Waals surface area (Å²) in [5.41, 5.74) is 0.676. The van der Waals surface area contributed by atoms with Gasteiger partial charge in [-0.3, -0.25) is 14.2 Å². The van der Waals surface area contributed by atoms with Crippen LogP contribution in [-0.2, 0) is 0 Å². The number of hydrogen-bond donors (Lipinski definition) is 1. The van der Waals surface area contributed by atoms with Crippen LogP contribution in [0.5, 0.6) is 0 Å². The second-order valence-corrected chi connectivity index (χ2v) is 9.05. The minimum Gasteiger partial charge on any atom is -0.349 e. The normalized spacial score (nSPS) is 23.5. The van der Waals surface area contributed by atoms with Crippen molar-refractivity contribution in [1.82, 2.24) is 14.9 Å². The molecule has 0 aliphatic heterocycles. The lowest BCUT2D eigenvalue weighted by atomic mass is 9.98. The number of hydrogen-bond acceptors (Lipinski definition) is 3. The quantitative estimate of drug-likeness (QED) is 0.632. The maximum Gasteiger partial charge on any atom is 0.264 e. The highest BCUT2D eigenvalue weighted by molar-refractivity contribution is 6.30. The summed E-state index contributed by atoms with van der Waals surface area (Å²) in [5.74, 6) is 0.725. The molecule has 2 aromatic carbocycles. The van der Waals surface area contributed by atoms with Crippen molar-refractivity contribution in [1.29, 1.82) is 0 Å². The lowest BCUT2D eigenvalue weighted by molar-refractivity contribution is 0.0927. The summed E-state index contributed by atoms with van der Waals surface area (Å²) in [4.78, 5) is 29.8. The summed E-state index contributed by atoms with van der Waals surface area (Å²) in [6.07, 6.45) is 4.10. The third kappa shape index (κ3) is 3.53. The molecule has 3 aromatic rings. The molecule has 1 heterocycles. The van der Waals surface area contributed by atoms with Gasteiger partial charge < -0.3 is 5.32 Å². The average molecular weight is 440 g/mol. The van der Waals surface area contributed by atoms with Crippen molar-refractivity contribution < 1.29 is 9.18 Å². The Morgan fingerprint density at radius 2 is 1.94 bits per heavy atom. The van der Waals surface area contributed by atoms with Crippen molar-refractivity contribution in [2.45, 2.75) is 38.3 Å². The molecule has 2 saturated carbocycles. The van der Waals surface area contributed by atoms with Gasteiger partial charge >= 0.3 is 0 Å². The predicted molar refractivity (Wildman–Crippen MR) is 118 cm³/mol. The van der Waals surface area contributed by atoms with Crippen molar-refractivity contribution in [3.63, 3.8) is 0 Å². The zero-order valence-electron chi connectivity index (χ0n) is 17.1. The first-order valence-corrected chi connectivity index (χ1v) is 11.1. The highest BCUT2D eigenvalue weighted by Crippen LogP contribution is 2.62. The second kappa shape index (κ2) is 7.75. The van der Waals surface area contributed by atoms with Gasteiger partial charge in [0.25, 0.3) is 11.5 Å². The summed E-state index contributed by atoms with van der Waals surface area (Å²) in [7, 11) is 0. The van der Waals surface area contributed by atoms with Gasteiger partial charge in [-0.1, -0.05) is 24.6 Å². The topological polar surface area (TPSA) is 64.0 Å². The standard InChI is InChI=1S/C24H23ClFN3O2/c1-2-19(28-23(30)13-6-8-14(25)9-7-13)21-16-10-15(11-17(16)21)29-12-27-20-5-3-4-18(26)22(20)24(29)31/h3-9,12,15-17,19,21H,2,10-11H2,1H3,(H,28,30)/t15?,16-,17-,19-,21?/m0/s1. The zero-order chi connectivity index (χ0) is 21.7. The van der Waals surface area contributed by atoms with E-state index in [0.29, 0.717) is 33.9 Å². The van der Waals surface area contributed by atoms with Crippen molar-refractivity contribution in [2.24, 2.45) is 17.8 Å². The summed E-state index contributed by atoms with van der Waals surface area (Å²) in [6.45, 7) is 2.08. The molecule has 7 heteroatoms. The molecular formula is C24H23ClFN3O2. The van der Waals surface area contributed by atoms with Crippen LogP contribution in [0.25, 0.3) is 10.9 Å². The zero-order valence-corrected chi connectivity index (χ0v) is 17.8. The van der Waals surface area contributed by atoms with Crippen LogP contribution in [0.2, 0.25) is 5.02 Å². The maximum atomic E-state index is 14.2. The fourth-order valence-corrected chi connectivity index (χ4v) is 5.53. The van der Waals surface area contributed by atoms with E-state index in [1.165, 1.54) is 6.07 Å². The third-order valence-electron chi connectivity index (χ3n) is 6.97. The van der Waals surface area contributed by atoms with E-state index < -0.39 is 5.82 Å². The number of carbonyl (C=O) groups is 1.